The molecule has 7 heteroatoms. The van der Waals surface area contributed by atoms with Crippen LogP contribution in [0.25, 0.3) is 0 Å². The summed E-state index contributed by atoms with van der Waals surface area (Å²) in [6, 6.07) is 4.70. The van der Waals surface area contributed by atoms with E-state index < -0.39 is 9.05 Å². The van der Waals surface area contributed by atoms with Crippen molar-refractivity contribution in [1.29, 1.82) is 5.26 Å². The predicted octanol–water partition coefficient (Wildman–Crippen LogP) is 2.38. The van der Waals surface area contributed by atoms with Crippen LogP contribution in [0, 0.1) is 14.9 Å². The van der Waals surface area contributed by atoms with Gasteiger partial charge in [0.05, 0.1) is 10.5 Å². The molecule has 0 aromatic heterocycles. The fourth-order valence-corrected chi connectivity index (χ4v) is 3.35. The molecule has 0 saturated heterocycles. The zero-order chi connectivity index (χ0) is 10.9. The van der Waals surface area contributed by atoms with Crippen LogP contribution in [0.15, 0.2) is 21.9 Å². The summed E-state index contributed by atoms with van der Waals surface area (Å²) < 4.78 is 22.7. The monoisotopic (exact) mass is 359 g/mol. The van der Waals surface area contributed by atoms with Crippen LogP contribution in [0.2, 0.25) is 0 Å². The van der Waals surface area contributed by atoms with Crippen LogP contribution in [-0.4, -0.2) is 8.42 Å². The van der Waals surface area contributed by atoms with Gasteiger partial charge in [0.2, 0.25) is 0 Å². The van der Waals surface area contributed by atoms with Crippen LogP contribution in [0.1, 0.15) is 5.56 Å². The van der Waals surface area contributed by atoms with Crippen molar-refractivity contribution in [2.45, 2.75) is 9.79 Å². The zero-order valence-corrected chi connectivity index (χ0v) is 11.2. The molecule has 0 saturated carbocycles. The standard InChI is InChI=1S/C7H3ClINO2S2/c8-14(11,12)6-2-1-5(9)4(3-10)7(6)13/h1-2,13H. The molecule has 0 heterocycles. The summed E-state index contributed by atoms with van der Waals surface area (Å²) in [6.07, 6.45) is 0. The van der Waals surface area contributed by atoms with Gasteiger partial charge in [-0.3, -0.25) is 0 Å². The molecule has 1 aromatic carbocycles. The Hall–Kier alpha value is 0.0300. The minimum Gasteiger partial charge on any atom is -0.207 e. The molecule has 0 fully saturated rings. The van der Waals surface area contributed by atoms with E-state index in [1.165, 1.54) is 12.1 Å². The number of halogens is 2. The van der Waals surface area contributed by atoms with Gasteiger partial charge in [0.25, 0.3) is 9.05 Å². The number of nitrogens with zero attached hydrogens (tertiary/aromatic N) is 1. The lowest BCUT2D eigenvalue weighted by atomic mass is 10.2. The van der Waals surface area contributed by atoms with Gasteiger partial charge in [-0.1, -0.05) is 0 Å². The summed E-state index contributed by atoms with van der Waals surface area (Å²) >= 11 is 5.89. The Labute approximate surface area is 105 Å². The van der Waals surface area contributed by atoms with E-state index in [1.54, 1.807) is 0 Å². The molecule has 0 atom stereocenters. The molecule has 0 amide bonds. The van der Waals surface area contributed by atoms with Gasteiger partial charge in [0, 0.05) is 19.1 Å². The molecule has 74 valence electrons. The Morgan fingerprint density at radius 2 is 2.07 bits per heavy atom. The highest BCUT2D eigenvalue weighted by atomic mass is 127. The molecule has 0 N–H and O–H groups in total. The van der Waals surface area contributed by atoms with Crippen molar-refractivity contribution in [2.75, 3.05) is 0 Å². The van der Waals surface area contributed by atoms with E-state index in [4.69, 9.17) is 15.9 Å². The summed E-state index contributed by atoms with van der Waals surface area (Å²) in [5.41, 5.74) is 0.218. The number of benzene rings is 1. The van der Waals surface area contributed by atoms with E-state index in [-0.39, 0.29) is 15.4 Å². The van der Waals surface area contributed by atoms with E-state index in [0.717, 1.165) is 0 Å². The molecule has 1 aromatic rings. The Kier molecular flexibility index (Phi) is 3.69. The highest BCUT2D eigenvalue weighted by Gasteiger charge is 2.18. The second-order valence-electron chi connectivity index (χ2n) is 2.32. The first kappa shape index (κ1) is 12.1. The first-order valence-electron chi connectivity index (χ1n) is 3.24. The normalized spacial score (nSPS) is 11.0. The third kappa shape index (κ3) is 2.34. The minimum absolute atomic E-state index is 0.0920. The Balaban J connectivity index is 3.62. The van der Waals surface area contributed by atoms with Crippen LogP contribution in [0.5, 0.6) is 0 Å². The van der Waals surface area contributed by atoms with Crippen molar-refractivity contribution < 1.29 is 8.42 Å². The number of thiol groups is 1. The van der Waals surface area contributed by atoms with Crippen molar-refractivity contribution in [3.8, 4) is 6.07 Å². The summed E-state index contributed by atoms with van der Waals surface area (Å²) in [6.45, 7) is 0. The fraction of sp³-hybridized carbons (Fsp3) is 0. The first-order chi connectivity index (χ1) is 6.38. The smallest absolute Gasteiger partial charge is 0.207 e. The van der Waals surface area contributed by atoms with Crippen molar-refractivity contribution in [3.63, 3.8) is 0 Å². The molecule has 3 nitrogen and oxygen atoms in total. The van der Waals surface area contributed by atoms with Gasteiger partial charge in [0.15, 0.2) is 0 Å². The predicted molar refractivity (Wildman–Crippen MR) is 64.2 cm³/mol. The molecule has 14 heavy (non-hydrogen) atoms. The van der Waals surface area contributed by atoms with Gasteiger partial charge in [0.1, 0.15) is 6.07 Å². The Morgan fingerprint density at radius 3 is 2.50 bits per heavy atom. The summed E-state index contributed by atoms with van der Waals surface area (Å²) in [4.78, 5) is -0.0473. The molecular formula is C7H3ClINO2S2. The van der Waals surface area contributed by atoms with E-state index in [2.05, 4.69) is 12.6 Å². The lowest BCUT2D eigenvalue weighted by Crippen LogP contribution is -1.96. The second-order valence-corrected chi connectivity index (χ2v) is 6.46. The van der Waals surface area contributed by atoms with Crippen molar-refractivity contribution >= 4 is 55.0 Å². The highest BCUT2D eigenvalue weighted by Crippen LogP contribution is 2.29. The van der Waals surface area contributed by atoms with E-state index in [9.17, 15) is 8.42 Å². The Bertz CT molecular complexity index is 521. The number of nitriles is 1. The summed E-state index contributed by atoms with van der Waals surface area (Å²) in [5.74, 6) is 0. The maximum atomic E-state index is 11.0. The SMILES string of the molecule is N#Cc1c(I)ccc(S(=O)(=O)Cl)c1S. The molecule has 0 aliphatic carbocycles. The second kappa shape index (κ2) is 4.26. The molecule has 0 radical (unpaired) electrons. The van der Waals surface area contributed by atoms with Gasteiger partial charge in [-0.2, -0.15) is 5.26 Å². The molecular weight excluding hydrogens is 357 g/mol. The molecule has 0 unspecified atom stereocenters. The topological polar surface area (TPSA) is 57.9 Å². The zero-order valence-electron chi connectivity index (χ0n) is 6.53. The van der Waals surface area contributed by atoms with E-state index >= 15 is 0 Å². The third-order valence-corrected chi connectivity index (χ3v) is 4.34. The van der Waals surface area contributed by atoms with Crippen LogP contribution >= 0.6 is 45.9 Å². The van der Waals surface area contributed by atoms with Crippen molar-refractivity contribution in [1.82, 2.24) is 0 Å². The summed E-state index contributed by atoms with van der Waals surface area (Å²) in [5, 5.41) is 8.75. The maximum Gasteiger partial charge on any atom is 0.262 e. The molecule has 0 bridgehead atoms. The average Bonchev–Trinajstić information content (AvgIpc) is 2.02. The van der Waals surface area contributed by atoms with Crippen LogP contribution in [-0.2, 0) is 9.05 Å². The molecule has 1 rings (SSSR count). The van der Waals surface area contributed by atoms with Crippen molar-refractivity contribution in [2.24, 2.45) is 0 Å². The highest BCUT2D eigenvalue weighted by molar-refractivity contribution is 14.1. The van der Waals surface area contributed by atoms with Gasteiger partial charge >= 0.3 is 0 Å². The molecule has 0 aliphatic heterocycles. The number of rotatable bonds is 1. The Morgan fingerprint density at radius 1 is 1.50 bits per heavy atom. The number of hydrogen-bond donors (Lipinski definition) is 1. The number of hydrogen-bond acceptors (Lipinski definition) is 4. The van der Waals surface area contributed by atoms with E-state index in [1.807, 2.05) is 28.7 Å². The first-order valence-corrected chi connectivity index (χ1v) is 7.07. The third-order valence-electron chi connectivity index (χ3n) is 1.46. The minimum atomic E-state index is -3.84. The van der Waals surface area contributed by atoms with Crippen LogP contribution in [0.4, 0.5) is 0 Å². The fourth-order valence-electron chi connectivity index (χ4n) is 0.851. The summed E-state index contributed by atoms with van der Waals surface area (Å²) in [7, 11) is 1.32. The van der Waals surface area contributed by atoms with Crippen molar-refractivity contribution in [3.05, 3.63) is 21.3 Å². The van der Waals surface area contributed by atoms with Gasteiger partial charge in [-0.05, 0) is 34.7 Å². The lowest BCUT2D eigenvalue weighted by molar-refractivity contribution is 0.607. The van der Waals surface area contributed by atoms with Gasteiger partial charge in [-0.15, -0.1) is 12.6 Å². The average molecular weight is 360 g/mol. The van der Waals surface area contributed by atoms with Gasteiger partial charge < -0.3 is 0 Å². The molecule has 0 aliphatic rings. The van der Waals surface area contributed by atoms with Crippen LogP contribution < -0.4 is 0 Å². The lowest BCUT2D eigenvalue weighted by Gasteiger charge is -2.04. The molecule has 0 spiro atoms. The largest absolute Gasteiger partial charge is 0.262 e. The maximum absolute atomic E-state index is 11.0. The van der Waals surface area contributed by atoms with E-state index in [0.29, 0.717) is 3.57 Å². The van der Waals surface area contributed by atoms with Crippen LogP contribution in [0.3, 0.4) is 0 Å². The quantitative estimate of drug-likeness (QED) is 0.476. The van der Waals surface area contributed by atoms with Gasteiger partial charge in [-0.25, -0.2) is 8.42 Å².